The number of aliphatic hydroxyl groups excluding tert-OH is 1. The van der Waals surface area contributed by atoms with E-state index in [0.29, 0.717) is 25.7 Å². The quantitative estimate of drug-likeness (QED) is 0.0169. The van der Waals surface area contributed by atoms with Gasteiger partial charge in [0.25, 0.3) is 0 Å². The van der Waals surface area contributed by atoms with E-state index in [1.807, 2.05) is 0 Å². The number of carbonyl (C=O) groups is 4. The zero-order chi connectivity index (χ0) is 71.8. The SMILES string of the molecule is CCCC/C=C\CCCCCCCC(=O)OC(COC(=O)CCCCCCC/C=C\CCCCCC)COP(=O)(O)OCC(O)COP(=O)(O)OCC(COC(=O)CCCCCCCC/C=C\C/C=C\C/C=C\CCCCC)OC(=O)CCCCCCCCCCCCCCCCC. The second-order valence-corrected chi connectivity index (χ2v) is 29.6. The summed E-state index contributed by atoms with van der Waals surface area (Å²) in [6.45, 7) is 4.82. The predicted octanol–water partition coefficient (Wildman–Crippen LogP) is 22.7. The van der Waals surface area contributed by atoms with E-state index in [1.54, 1.807) is 0 Å². The summed E-state index contributed by atoms with van der Waals surface area (Å²) in [7, 11) is -9.94. The van der Waals surface area contributed by atoms with E-state index < -0.39 is 97.5 Å². The molecular formula is C79H144O17P2. The fourth-order valence-electron chi connectivity index (χ4n) is 10.9. The number of esters is 4. The van der Waals surface area contributed by atoms with E-state index in [9.17, 15) is 43.2 Å². The Kier molecular flexibility index (Phi) is 69.7. The van der Waals surface area contributed by atoms with Crippen LogP contribution >= 0.6 is 15.6 Å². The molecule has 0 spiro atoms. The first-order valence-electron chi connectivity index (χ1n) is 39.5. The van der Waals surface area contributed by atoms with Crippen LogP contribution in [0.15, 0.2) is 60.8 Å². The average Bonchev–Trinajstić information content (AvgIpc) is 0.981. The molecule has 98 heavy (non-hydrogen) atoms. The van der Waals surface area contributed by atoms with Crippen molar-refractivity contribution in [3.63, 3.8) is 0 Å². The molecule has 0 amide bonds. The minimum atomic E-state index is -4.97. The normalized spacial score (nSPS) is 14.2. The molecule has 0 aromatic carbocycles. The van der Waals surface area contributed by atoms with Crippen LogP contribution in [-0.4, -0.2) is 96.7 Å². The fraction of sp³-hybridized carbons (Fsp3) is 0.823. The van der Waals surface area contributed by atoms with Gasteiger partial charge >= 0.3 is 39.5 Å². The molecule has 0 heterocycles. The summed E-state index contributed by atoms with van der Waals surface area (Å²) in [5.74, 6) is -2.18. The highest BCUT2D eigenvalue weighted by atomic mass is 31.2. The van der Waals surface area contributed by atoms with Gasteiger partial charge in [0, 0.05) is 25.7 Å². The van der Waals surface area contributed by atoms with E-state index in [2.05, 4.69) is 88.5 Å². The first-order chi connectivity index (χ1) is 47.7. The van der Waals surface area contributed by atoms with Crippen molar-refractivity contribution in [2.24, 2.45) is 0 Å². The van der Waals surface area contributed by atoms with Crippen molar-refractivity contribution in [3.8, 4) is 0 Å². The maximum absolute atomic E-state index is 13.1. The summed E-state index contributed by atoms with van der Waals surface area (Å²) in [5.41, 5.74) is 0. The molecule has 5 unspecified atom stereocenters. The maximum atomic E-state index is 13.1. The Morgan fingerprint density at radius 3 is 0.837 bits per heavy atom. The Morgan fingerprint density at radius 2 is 0.510 bits per heavy atom. The third kappa shape index (κ3) is 71.2. The van der Waals surface area contributed by atoms with Crippen LogP contribution in [0.1, 0.15) is 362 Å². The number of rotatable bonds is 75. The fourth-order valence-corrected chi connectivity index (χ4v) is 12.4. The predicted molar refractivity (Wildman–Crippen MR) is 400 cm³/mol. The minimum absolute atomic E-state index is 0.0868. The molecule has 5 atom stereocenters. The van der Waals surface area contributed by atoms with Gasteiger partial charge in [-0.2, -0.15) is 0 Å². The zero-order valence-electron chi connectivity index (χ0n) is 62.5. The van der Waals surface area contributed by atoms with Crippen LogP contribution in [0.25, 0.3) is 0 Å². The number of phosphoric ester groups is 2. The molecule has 0 aromatic heterocycles. The van der Waals surface area contributed by atoms with Gasteiger partial charge in [-0.25, -0.2) is 9.13 Å². The van der Waals surface area contributed by atoms with Gasteiger partial charge in [-0.15, -0.1) is 0 Å². The molecule has 0 saturated heterocycles. The lowest BCUT2D eigenvalue weighted by Crippen LogP contribution is -2.30. The van der Waals surface area contributed by atoms with E-state index >= 15 is 0 Å². The van der Waals surface area contributed by atoms with Crippen LogP contribution < -0.4 is 0 Å². The summed E-state index contributed by atoms with van der Waals surface area (Å²) in [4.78, 5) is 72.8. The number of allylic oxidation sites excluding steroid dienone is 10. The second kappa shape index (κ2) is 72.1. The number of carbonyl (C=O) groups excluding carboxylic acids is 4. The van der Waals surface area contributed by atoms with Crippen LogP contribution in [0.2, 0.25) is 0 Å². The molecule has 0 bridgehead atoms. The van der Waals surface area contributed by atoms with Crippen molar-refractivity contribution in [1.82, 2.24) is 0 Å². The topological polar surface area (TPSA) is 237 Å². The van der Waals surface area contributed by atoms with E-state index in [4.69, 9.17) is 37.0 Å². The average molecular weight is 1430 g/mol. The number of ether oxygens (including phenoxy) is 4. The Labute approximate surface area is 597 Å². The monoisotopic (exact) mass is 1430 g/mol. The number of unbranched alkanes of at least 4 members (excludes halogenated alkanes) is 39. The summed E-state index contributed by atoms with van der Waals surface area (Å²) in [5, 5.41) is 10.6. The highest BCUT2D eigenvalue weighted by molar-refractivity contribution is 7.47. The van der Waals surface area contributed by atoms with Crippen LogP contribution in [0.5, 0.6) is 0 Å². The van der Waals surface area contributed by atoms with Gasteiger partial charge < -0.3 is 33.8 Å². The minimum Gasteiger partial charge on any atom is -0.462 e. The molecule has 0 radical (unpaired) electrons. The molecular weight excluding hydrogens is 1280 g/mol. The molecule has 0 fully saturated rings. The number of hydrogen-bond acceptors (Lipinski definition) is 15. The Hall–Kier alpha value is -3.24. The van der Waals surface area contributed by atoms with Crippen molar-refractivity contribution >= 4 is 39.5 Å². The molecule has 19 heteroatoms. The van der Waals surface area contributed by atoms with Crippen molar-refractivity contribution < 1.29 is 80.2 Å². The molecule has 17 nitrogen and oxygen atoms in total. The Morgan fingerprint density at radius 1 is 0.286 bits per heavy atom. The van der Waals surface area contributed by atoms with Gasteiger partial charge in [0.1, 0.15) is 19.3 Å². The van der Waals surface area contributed by atoms with Crippen LogP contribution in [0.4, 0.5) is 0 Å². The van der Waals surface area contributed by atoms with Crippen LogP contribution in [-0.2, 0) is 65.4 Å². The first-order valence-corrected chi connectivity index (χ1v) is 42.5. The summed E-state index contributed by atoms with van der Waals surface area (Å²) >= 11 is 0. The Bertz CT molecular complexity index is 2100. The van der Waals surface area contributed by atoms with Crippen molar-refractivity contribution in [2.75, 3.05) is 39.6 Å². The van der Waals surface area contributed by atoms with E-state index in [-0.39, 0.29) is 25.7 Å². The maximum Gasteiger partial charge on any atom is 0.472 e. The molecule has 0 rings (SSSR count). The molecule has 572 valence electrons. The molecule has 0 aliphatic carbocycles. The van der Waals surface area contributed by atoms with Crippen LogP contribution in [0, 0.1) is 0 Å². The lowest BCUT2D eigenvalue weighted by Gasteiger charge is -2.21. The molecule has 0 aliphatic rings. The summed E-state index contributed by atoms with van der Waals surface area (Å²) in [6.07, 6.45) is 70.6. The third-order valence-corrected chi connectivity index (χ3v) is 18.9. The zero-order valence-corrected chi connectivity index (χ0v) is 64.3. The summed E-state index contributed by atoms with van der Waals surface area (Å²) < 4.78 is 68.5. The molecule has 3 N–H and O–H groups in total. The van der Waals surface area contributed by atoms with Gasteiger partial charge in [0.15, 0.2) is 12.2 Å². The van der Waals surface area contributed by atoms with E-state index in [1.165, 1.54) is 122 Å². The van der Waals surface area contributed by atoms with Crippen molar-refractivity contribution in [3.05, 3.63) is 60.8 Å². The summed E-state index contributed by atoms with van der Waals surface area (Å²) in [6, 6.07) is 0. The number of hydrogen-bond donors (Lipinski definition) is 3. The van der Waals surface area contributed by atoms with Gasteiger partial charge in [-0.05, 0) is 109 Å². The van der Waals surface area contributed by atoms with Crippen LogP contribution in [0.3, 0.4) is 0 Å². The highest BCUT2D eigenvalue weighted by Crippen LogP contribution is 2.45. The molecule has 0 aliphatic heterocycles. The standard InChI is InChI=1S/C79H144O17P2/c1-5-9-13-17-21-25-29-32-34-35-36-37-39-41-45-48-52-56-60-64-77(82)90-70-75(96-79(84)66-62-58-54-50-46-42-38-33-30-26-22-18-14-10-6-2)72-94-98(87,88)92-68-73(80)67-91-97(85,86)93-71-74(95-78(83)65-61-57-53-49-43-28-24-20-16-12-8-4)69-89-76(81)63-59-55-51-47-44-40-31-27-23-19-15-11-7-3/h20-21,24-25,27,31-32,34,36-37,73-75,80H,5-19,22-23,26,28-30,33,35,38-72H2,1-4H3,(H,85,86)(H,87,88)/b24-20-,25-21-,31-27-,34-32-,37-36-. The van der Waals surface area contributed by atoms with Gasteiger partial charge in [0.2, 0.25) is 0 Å². The first kappa shape index (κ1) is 94.8. The third-order valence-electron chi connectivity index (χ3n) is 17.0. The highest BCUT2D eigenvalue weighted by Gasteiger charge is 2.30. The smallest absolute Gasteiger partial charge is 0.462 e. The molecule has 0 saturated carbocycles. The van der Waals surface area contributed by atoms with Gasteiger partial charge in [0.05, 0.1) is 26.4 Å². The molecule has 0 aromatic rings. The van der Waals surface area contributed by atoms with Crippen molar-refractivity contribution in [2.45, 2.75) is 380 Å². The number of aliphatic hydroxyl groups is 1. The number of phosphoric acid groups is 2. The van der Waals surface area contributed by atoms with Gasteiger partial charge in [-0.1, -0.05) is 288 Å². The van der Waals surface area contributed by atoms with Gasteiger partial charge in [-0.3, -0.25) is 37.3 Å². The Balaban J connectivity index is 5.30. The van der Waals surface area contributed by atoms with E-state index in [0.717, 1.165) is 161 Å². The lowest BCUT2D eigenvalue weighted by atomic mass is 10.0. The largest absolute Gasteiger partial charge is 0.472 e. The van der Waals surface area contributed by atoms with Crippen molar-refractivity contribution in [1.29, 1.82) is 0 Å². The lowest BCUT2D eigenvalue weighted by molar-refractivity contribution is -0.161. The second-order valence-electron chi connectivity index (χ2n) is 26.7.